The molecule has 9 nitrogen and oxygen atoms in total. The zero-order valence-electron chi connectivity index (χ0n) is 21.4. The molecule has 4 aromatic rings. The first-order valence-corrected chi connectivity index (χ1v) is 13.1. The fourth-order valence-corrected chi connectivity index (χ4v) is 5.31. The van der Waals surface area contributed by atoms with Gasteiger partial charge in [-0.15, -0.1) is 0 Å². The number of para-hydroxylation sites is 1. The van der Waals surface area contributed by atoms with Gasteiger partial charge in [0.1, 0.15) is 0 Å². The molecule has 0 radical (unpaired) electrons. The molecule has 2 aromatic heterocycles. The predicted octanol–water partition coefficient (Wildman–Crippen LogP) is 5.34. The molecule has 1 fully saturated rings. The summed E-state index contributed by atoms with van der Waals surface area (Å²) in [5, 5.41) is 18.4. The number of amides is 1. The van der Waals surface area contributed by atoms with Gasteiger partial charge < -0.3 is 20.1 Å². The summed E-state index contributed by atoms with van der Waals surface area (Å²) in [6.45, 7) is 2.43. The van der Waals surface area contributed by atoms with Gasteiger partial charge in [-0.1, -0.05) is 37.3 Å². The van der Waals surface area contributed by atoms with Gasteiger partial charge in [-0.25, -0.2) is 0 Å². The molecular weight excluding hydrogens is 512 g/mol. The second-order valence-electron chi connectivity index (χ2n) is 9.21. The van der Waals surface area contributed by atoms with E-state index in [0.717, 1.165) is 29.1 Å². The Morgan fingerprint density at radius 2 is 1.92 bits per heavy atom. The number of nitro benzene ring substituents is 1. The van der Waals surface area contributed by atoms with Crippen molar-refractivity contribution >= 4 is 34.6 Å². The largest absolute Gasteiger partial charge is 0.352 e. The molecular formula is C29H28N6O3S. The van der Waals surface area contributed by atoms with Gasteiger partial charge >= 0.3 is 0 Å². The molecule has 39 heavy (non-hydrogen) atoms. The molecule has 0 spiro atoms. The molecule has 0 aliphatic carbocycles. The number of anilines is 1. The number of aryl methyl sites for hydroxylation is 1. The first-order chi connectivity index (χ1) is 19.0. The smallest absolute Gasteiger partial charge is 0.271 e. The maximum atomic E-state index is 13.0. The third kappa shape index (κ3) is 5.51. The number of hydrogen-bond acceptors (Lipinski definition) is 5. The third-order valence-electron chi connectivity index (χ3n) is 6.85. The number of nitrogens with one attached hydrogen (secondary N) is 2. The Morgan fingerprint density at radius 3 is 2.69 bits per heavy atom. The van der Waals surface area contributed by atoms with E-state index in [1.54, 1.807) is 18.3 Å². The Kier molecular flexibility index (Phi) is 7.64. The van der Waals surface area contributed by atoms with E-state index in [2.05, 4.69) is 22.5 Å². The summed E-state index contributed by atoms with van der Waals surface area (Å²) < 4.78 is 1.92. The fraction of sp³-hybridized carbons (Fsp3) is 0.207. The van der Waals surface area contributed by atoms with Crippen LogP contribution in [-0.2, 0) is 11.2 Å². The molecule has 5 rings (SSSR count). The van der Waals surface area contributed by atoms with Crippen LogP contribution >= 0.6 is 12.2 Å². The van der Waals surface area contributed by atoms with E-state index in [1.807, 2.05) is 76.3 Å². The number of nitrogens with zero attached hydrogens (tertiary/aromatic N) is 4. The number of thiocarbonyl (C=S) groups is 1. The van der Waals surface area contributed by atoms with Crippen molar-refractivity contribution in [1.82, 2.24) is 19.8 Å². The van der Waals surface area contributed by atoms with Crippen LogP contribution < -0.4 is 10.6 Å². The molecule has 198 valence electrons. The molecule has 1 aliphatic heterocycles. The second kappa shape index (κ2) is 11.4. The van der Waals surface area contributed by atoms with Crippen molar-refractivity contribution in [2.24, 2.45) is 0 Å². The number of pyridine rings is 1. The molecule has 3 heterocycles. The summed E-state index contributed by atoms with van der Waals surface area (Å²) in [4.78, 5) is 30.6. The van der Waals surface area contributed by atoms with Crippen LogP contribution in [0.15, 0.2) is 91.3 Å². The zero-order chi connectivity index (χ0) is 27.4. The SMILES string of the molecule is CCc1ccccc1NC(=O)CCN1C(=S)N[C@@H](c2ccccn2)[C@@H]1c1cccn1-c1cccc([N+](=O)[O-])c1. The monoisotopic (exact) mass is 540 g/mol. The van der Waals surface area contributed by atoms with Gasteiger partial charge in [0.2, 0.25) is 5.91 Å². The van der Waals surface area contributed by atoms with Crippen LogP contribution in [0.4, 0.5) is 11.4 Å². The Hall–Kier alpha value is -4.57. The van der Waals surface area contributed by atoms with E-state index in [4.69, 9.17) is 12.2 Å². The minimum absolute atomic E-state index is 0.00869. The van der Waals surface area contributed by atoms with Crippen molar-refractivity contribution in [2.75, 3.05) is 11.9 Å². The van der Waals surface area contributed by atoms with Gasteiger partial charge in [-0.3, -0.25) is 19.9 Å². The van der Waals surface area contributed by atoms with Crippen molar-refractivity contribution < 1.29 is 9.72 Å². The Bertz CT molecular complexity index is 1510. The summed E-state index contributed by atoms with van der Waals surface area (Å²) in [6.07, 6.45) is 4.65. The van der Waals surface area contributed by atoms with E-state index in [9.17, 15) is 14.9 Å². The topological polar surface area (TPSA) is 105 Å². The number of carbonyl (C=O) groups is 1. The first-order valence-electron chi connectivity index (χ1n) is 12.7. The zero-order valence-corrected chi connectivity index (χ0v) is 22.2. The molecule has 0 unspecified atom stereocenters. The molecule has 2 N–H and O–H groups in total. The molecule has 2 aromatic carbocycles. The van der Waals surface area contributed by atoms with Crippen molar-refractivity contribution in [3.05, 3.63) is 118 Å². The molecule has 0 bridgehead atoms. The van der Waals surface area contributed by atoms with Crippen molar-refractivity contribution in [3.8, 4) is 5.69 Å². The van der Waals surface area contributed by atoms with Crippen molar-refractivity contribution in [1.29, 1.82) is 0 Å². The average Bonchev–Trinajstić information content (AvgIpc) is 3.57. The average molecular weight is 541 g/mol. The number of aromatic nitrogens is 2. The van der Waals surface area contributed by atoms with Gasteiger partial charge in [-0.05, 0) is 60.6 Å². The summed E-state index contributed by atoms with van der Waals surface area (Å²) in [6, 6.07) is 23.3. The number of carbonyl (C=O) groups excluding carboxylic acids is 1. The predicted molar refractivity (Wildman–Crippen MR) is 154 cm³/mol. The number of non-ortho nitro benzene ring substituents is 1. The van der Waals surface area contributed by atoms with Crippen LogP contribution in [0.2, 0.25) is 0 Å². The lowest BCUT2D eigenvalue weighted by atomic mass is 10.0. The summed E-state index contributed by atoms with van der Waals surface area (Å²) >= 11 is 5.76. The third-order valence-corrected chi connectivity index (χ3v) is 7.20. The molecule has 1 aliphatic rings. The molecule has 10 heteroatoms. The lowest BCUT2D eigenvalue weighted by Gasteiger charge is -2.29. The molecule has 1 amide bonds. The standard InChI is InChI=1S/C29H28N6O3S/c1-2-20-9-3-4-12-23(20)31-26(36)15-18-34-28(27(32-29(34)39)24-13-5-6-16-30-24)25-14-8-17-33(25)21-10-7-11-22(19-21)35(37)38/h3-14,16-17,19,27-28H,2,15,18H2,1H3,(H,31,36)(H,32,39)/t27-,28-/m0/s1. The molecule has 1 saturated heterocycles. The van der Waals surface area contributed by atoms with Gasteiger partial charge in [0.15, 0.2) is 5.11 Å². The Labute approximate surface area is 231 Å². The van der Waals surface area contributed by atoms with Crippen LogP contribution in [-0.4, -0.2) is 36.9 Å². The summed E-state index contributed by atoms with van der Waals surface area (Å²) in [5.41, 5.74) is 4.24. The van der Waals surface area contributed by atoms with Crippen LogP contribution in [0.25, 0.3) is 5.69 Å². The number of hydrogen-bond donors (Lipinski definition) is 2. The maximum Gasteiger partial charge on any atom is 0.271 e. The summed E-state index contributed by atoms with van der Waals surface area (Å²) in [5.74, 6) is -0.104. The number of nitro groups is 1. The highest BCUT2D eigenvalue weighted by molar-refractivity contribution is 7.80. The highest BCUT2D eigenvalue weighted by Gasteiger charge is 2.41. The van der Waals surface area contributed by atoms with Crippen LogP contribution in [0.3, 0.4) is 0 Å². The van der Waals surface area contributed by atoms with E-state index in [-0.39, 0.29) is 30.1 Å². The minimum atomic E-state index is -0.406. The molecule has 0 saturated carbocycles. The highest BCUT2D eigenvalue weighted by Crippen LogP contribution is 2.39. The Balaban J connectivity index is 1.46. The van der Waals surface area contributed by atoms with Gasteiger partial charge in [-0.2, -0.15) is 0 Å². The van der Waals surface area contributed by atoms with Crippen molar-refractivity contribution in [3.63, 3.8) is 0 Å². The molecule has 2 atom stereocenters. The number of rotatable bonds is 9. The lowest BCUT2D eigenvalue weighted by Crippen LogP contribution is -2.33. The number of benzene rings is 2. The van der Waals surface area contributed by atoms with Crippen LogP contribution in [0.5, 0.6) is 0 Å². The van der Waals surface area contributed by atoms with Gasteiger partial charge in [0.25, 0.3) is 5.69 Å². The normalized spacial score (nSPS) is 16.6. The highest BCUT2D eigenvalue weighted by atomic mass is 32.1. The van der Waals surface area contributed by atoms with Crippen LogP contribution in [0, 0.1) is 10.1 Å². The van der Waals surface area contributed by atoms with Gasteiger partial charge in [0.05, 0.1) is 28.4 Å². The summed E-state index contributed by atoms with van der Waals surface area (Å²) in [7, 11) is 0. The Morgan fingerprint density at radius 1 is 1.10 bits per heavy atom. The maximum absolute atomic E-state index is 13.0. The van der Waals surface area contributed by atoms with E-state index < -0.39 is 4.92 Å². The van der Waals surface area contributed by atoms with E-state index in [1.165, 1.54) is 6.07 Å². The second-order valence-corrected chi connectivity index (χ2v) is 9.60. The van der Waals surface area contributed by atoms with E-state index >= 15 is 0 Å². The van der Waals surface area contributed by atoms with E-state index in [0.29, 0.717) is 17.3 Å². The minimum Gasteiger partial charge on any atom is -0.352 e. The van der Waals surface area contributed by atoms with Crippen molar-refractivity contribution in [2.45, 2.75) is 31.8 Å². The van der Waals surface area contributed by atoms with Gasteiger partial charge in [0, 0.05) is 48.9 Å². The lowest BCUT2D eigenvalue weighted by molar-refractivity contribution is -0.384. The van der Waals surface area contributed by atoms with Crippen LogP contribution in [0.1, 0.15) is 42.4 Å². The first kappa shape index (κ1) is 26.1. The quantitative estimate of drug-likeness (QED) is 0.168. The fourth-order valence-electron chi connectivity index (χ4n) is 4.98.